The predicted octanol–water partition coefficient (Wildman–Crippen LogP) is 2.91. The second-order valence-corrected chi connectivity index (χ2v) is 7.34. The van der Waals surface area contributed by atoms with E-state index >= 15 is 0 Å². The monoisotopic (exact) mass is 422 g/mol. The maximum Gasteiger partial charge on any atom is 0.344 e. The van der Waals surface area contributed by atoms with Gasteiger partial charge in [0.1, 0.15) is 5.52 Å². The van der Waals surface area contributed by atoms with Crippen LogP contribution in [-0.4, -0.2) is 38.9 Å². The average molecular weight is 422 g/mol. The van der Waals surface area contributed by atoms with Gasteiger partial charge < -0.3 is 15.6 Å². The smallest absolute Gasteiger partial charge is 0.344 e. The van der Waals surface area contributed by atoms with Crippen LogP contribution in [0.25, 0.3) is 5.52 Å². The van der Waals surface area contributed by atoms with E-state index in [0.29, 0.717) is 30.6 Å². The van der Waals surface area contributed by atoms with Crippen LogP contribution >= 0.6 is 0 Å². The number of anilines is 1. The molecule has 0 bridgehead atoms. The van der Waals surface area contributed by atoms with E-state index in [0.717, 1.165) is 16.8 Å². The van der Waals surface area contributed by atoms with Gasteiger partial charge in [0.2, 0.25) is 5.78 Å². The second-order valence-electron chi connectivity index (χ2n) is 7.34. The van der Waals surface area contributed by atoms with Crippen LogP contribution < -0.4 is 10.5 Å². The third kappa shape index (κ3) is 4.14. The molecule has 1 unspecified atom stereocenters. The van der Waals surface area contributed by atoms with Crippen molar-refractivity contribution < 1.29 is 24.2 Å². The van der Waals surface area contributed by atoms with E-state index in [4.69, 9.17) is 10.5 Å². The predicted molar refractivity (Wildman–Crippen MR) is 115 cm³/mol. The molecule has 0 spiro atoms. The molecule has 161 valence electrons. The minimum absolute atomic E-state index is 0.0541. The Labute approximate surface area is 179 Å². The molecule has 0 aliphatic rings. The number of carbonyl (C=O) groups is 2. The van der Waals surface area contributed by atoms with Crippen LogP contribution in [0.3, 0.4) is 0 Å². The summed E-state index contributed by atoms with van der Waals surface area (Å²) in [6, 6.07) is 9.74. The Morgan fingerprint density at radius 2 is 1.97 bits per heavy atom. The van der Waals surface area contributed by atoms with Crippen LogP contribution in [0.5, 0.6) is 5.75 Å². The van der Waals surface area contributed by atoms with Crippen LogP contribution in [0.1, 0.15) is 53.1 Å². The van der Waals surface area contributed by atoms with Crippen molar-refractivity contribution in [1.29, 1.82) is 0 Å². The number of hydrogen-bond donors (Lipinski definition) is 2. The van der Waals surface area contributed by atoms with E-state index in [9.17, 15) is 19.5 Å². The molecule has 0 aliphatic carbocycles. The van der Waals surface area contributed by atoms with Gasteiger partial charge in [0.05, 0.1) is 22.6 Å². The molecule has 1 aromatic carbocycles. The lowest BCUT2D eigenvalue weighted by molar-refractivity contribution is -0.144. The largest absolute Gasteiger partial charge is 0.479 e. The number of carboxylic acids is 1. The number of carbonyl (C=O) groups excluding carboxylic acids is 2. The van der Waals surface area contributed by atoms with Gasteiger partial charge in [0.15, 0.2) is 11.9 Å². The first-order valence-corrected chi connectivity index (χ1v) is 9.98. The van der Waals surface area contributed by atoms with E-state index in [2.05, 4.69) is 5.10 Å². The minimum atomic E-state index is -1.27. The number of Topliss-reactive ketones (excluding diaryl/α,β-unsaturated/α-hetero) is 1. The minimum Gasteiger partial charge on any atom is -0.479 e. The molecule has 8 nitrogen and oxygen atoms in total. The molecule has 3 rings (SSSR count). The molecule has 2 aromatic heterocycles. The van der Waals surface area contributed by atoms with Gasteiger partial charge in [-0.25, -0.2) is 9.31 Å². The number of rotatable bonds is 9. The van der Waals surface area contributed by atoms with Gasteiger partial charge in [0.25, 0.3) is 6.29 Å². The molecule has 0 saturated carbocycles. The normalized spacial score (nSPS) is 12.0. The zero-order valence-corrected chi connectivity index (χ0v) is 17.6. The molecule has 3 N–H and O–H groups in total. The molecule has 0 aliphatic heterocycles. The number of nitrogens with zero attached hydrogens (tertiary/aromatic N) is 2. The fourth-order valence-corrected chi connectivity index (χ4v) is 3.53. The number of fused-ring (bicyclic) bond motifs is 1. The molecule has 1 radical (unpaired) electrons. The highest BCUT2D eigenvalue weighted by atomic mass is 16.5. The SMILES string of the molecule is CCCc1nn2c(Cc3ccccc3)c(C)c(N)c2c(OC(C)C(=O)O)c1C(=O)[C]=O. The fourth-order valence-electron chi connectivity index (χ4n) is 3.53. The maximum atomic E-state index is 12.5. The van der Waals surface area contributed by atoms with Crippen LogP contribution in [0, 0.1) is 6.92 Å². The van der Waals surface area contributed by atoms with Crippen molar-refractivity contribution in [3.8, 4) is 5.75 Å². The van der Waals surface area contributed by atoms with Crippen molar-refractivity contribution in [3.05, 3.63) is 58.4 Å². The summed E-state index contributed by atoms with van der Waals surface area (Å²) in [6.07, 6.45) is 1.64. The van der Waals surface area contributed by atoms with Crippen molar-refractivity contribution >= 4 is 29.2 Å². The quantitative estimate of drug-likeness (QED) is 0.401. The highest BCUT2D eigenvalue weighted by Crippen LogP contribution is 2.37. The Morgan fingerprint density at radius 1 is 1.29 bits per heavy atom. The number of ether oxygens (including phenoxy) is 1. The molecule has 1 atom stereocenters. The van der Waals surface area contributed by atoms with E-state index in [1.165, 1.54) is 13.2 Å². The molecule has 0 saturated heterocycles. The number of benzene rings is 1. The summed E-state index contributed by atoms with van der Waals surface area (Å²) in [7, 11) is 0. The van der Waals surface area contributed by atoms with Crippen molar-refractivity contribution in [2.45, 2.75) is 46.1 Å². The van der Waals surface area contributed by atoms with Gasteiger partial charge in [0, 0.05) is 6.42 Å². The Bertz CT molecular complexity index is 1150. The Hall–Kier alpha value is -3.68. The van der Waals surface area contributed by atoms with E-state index in [1.54, 1.807) is 4.52 Å². The van der Waals surface area contributed by atoms with Crippen molar-refractivity contribution in [1.82, 2.24) is 9.61 Å². The first kappa shape index (κ1) is 22.0. The maximum absolute atomic E-state index is 12.5. The van der Waals surface area contributed by atoms with Crippen molar-refractivity contribution in [2.75, 3.05) is 5.73 Å². The Balaban J connectivity index is 2.36. The summed E-state index contributed by atoms with van der Waals surface area (Å²) < 4.78 is 7.29. The Morgan fingerprint density at radius 3 is 2.55 bits per heavy atom. The molecule has 3 aromatic rings. The Kier molecular flexibility index (Phi) is 6.39. The van der Waals surface area contributed by atoms with Gasteiger partial charge in [-0.1, -0.05) is 43.7 Å². The van der Waals surface area contributed by atoms with E-state index < -0.39 is 17.9 Å². The third-order valence-electron chi connectivity index (χ3n) is 5.17. The van der Waals surface area contributed by atoms with Gasteiger partial charge >= 0.3 is 5.97 Å². The number of aryl methyl sites for hydroxylation is 1. The second kappa shape index (κ2) is 8.99. The first-order valence-electron chi connectivity index (χ1n) is 9.98. The number of nitrogens with two attached hydrogens (primary N) is 1. The topological polar surface area (TPSA) is 124 Å². The number of carboxylic acid groups (broad SMARTS) is 1. The van der Waals surface area contributed by atoms with Gasteiger partial charge in [-0.05, 0) is 31.4 Å². The number of hydrogen-bond acceptors (Lipinski definition) is 6. The van der Waals surface area contributed by atoms with E-state index in [-0.39, 0.29) is 16.8 Å². The summed E-state index contributed by atoms with van der Waals surface area (Å²) in [6.45, 7) is 5.08. The number of aliphatic carboxylic acids is 1. The molecular formula is C23H24N3O5. The summed E-state index contributed by atoms with van der Waals surface area (Å²) >= 11 is 0. The van der Waals surface area contributed by atoms with Gasteiger partial charge in [-0.2, -0.15) is 5.10 Å². The summed E-state index contributed by atoms with van der Waals surface area (Å²) in [5.74, 6) is -2.22. The zero-order chi connectivity index (χ0) is 22.7. The standard InChI is InChI=1S/C23H24N3O5/c1-4-8-16-19(18(28)12-27)22(31-14(3)23(29)30)21-20(24)13(2)17(26(21)25-16)11-15-9-6-5-7-10-15/h5-7,9-10,14H,4,8,11,24H2,1-3H3,(H,29,30). The highest BCUT2D eigenvalue weighted by Gasteiger charge is 2.29. The first-order chi connectivity index (χ1) is 14.8. The lowest BCUT2D eigenvalue weighted by Gasteiger charge is -2.18. The summed E-state index contributed by atoms with van der Waals surface area (Å²) in [5, 5.41) is 14.0. The molecule has 31 heavy (non-hydrogen) atoms. The van der Waals surface area contributed by atoms with Crippen molar-refractivity contribution in [2.24, 2.45) is 0 Å². The highest BCUT2D eigenvalue weighted by molar-refractivity contribution is 6.35. The average Bonchev–Trinajstić information content (AvgIpc) is 2.98. The van der Waals surface area contributed by atoms with Crippen LogP contribution in [0.2, 0.25) is 0 Å². The zero-order valence-electron chi connectivity index (χ0n) is 17.6. The number of aromatic nitrogens is 2. The molecule has 0 fully saturated rings. The molecular weight excluding hydrogens is 398 g/mol. The summed E-state index contributed by atoms with van der Waals surface area (Å²) in [4.78, 5) is 35.2. The lowest BCUT2D eigenvalue weighted by atomic mass is 10.0. The van der Waals surface area contributed by atoms with Gasteiger partial charge in [-0.3, -0.25) is 9.59 Å². The van der Waals surface area contributed by atoms with E-state index in [1.807, 2.05) is 44.2 Å². The fraction of sp³-hybridized carbons (Fsp3) is 0.304. The van der Waals surface area contributed by atoms with Crippen LogP contribution in [0.15, 0.2) is 30.3 Å². The van der Waals surface area contributed by atoms with Gasteiger partial charge in [-0.15, -0.1) is 0 Å². The molecule has 2 heterocycles. The molecule has 8 heteroatoms. The van der Waals surface area contributed by atoms with Crippen molar-refractivity contribution in [3.63, 3.8) is 0 Å². The lowest BCUT2D eigenvalue weighted by Crippen LogP contribution is -2.25. The van der Waals surface area contributed by atoms with Crippen LogP contribution in [0.4, 0.5) is 5.69 Å². The third-order valence-corrected chi connectivity index (χ3v) is 5.17. The van der Waals surface area contributed by atoms with Crippen LogP contribution in [-0.2, 0) is 22.4 Å². The molecule has 0 amide bonds. The number of ketones is 1. The number of nitrogen functional groups attached to an aromatic ring is 1. The summed E-state index contributed by atoms with van der Waals surface area (Å²) in [5.41, 5.74) is 9.78.